The average Bonchev–Trinajstić information content (AvgIpc) is 3.20. The van der Waals surface area contributed by atoms with Gasteiger partial charge in [-0.3, -0.25) is 9.69 Å². The molecule has 2 aliphatic heterocycles. The van der Waals surface area contributed by atoms with Crippen LogP contribution >= 0.6 is 23.2 Å². The van der Waals surface area contributed by atoms with E-state index in [9.17, 15) is 10.0 Å². The lowest BCUT2D eigenvalue weighted by Gasteiger charge is -2.57. The number of ether oxygens (including phenoxy) is 1. The van der Waals surface area contributed by atoms with Crippen molar-refractivity contribution in [1.29, 1.82) is 0 Å². The van der Waals surface area contributed by atoms with Crippen molar-refractivity contribution in [2.24, 2.45) is 5.41 Å². The van der Waals surface area contributed by atoms with Crippen LogP contribution in [0.5, 0.6) is 0 Å². The Morgan fingerprint density at radius 2 is 1.73 bits per heavy atom. The number of nitrogen functional groups attached to an aromatic ring is 1. The van der Waals surface area contributed by atoms with E-state index in [0.29, 0.717) is 29.1 Å². The molecule has 3 aromatic carbocycles. The maximum Gasteiger partial charge on any atom is 0.324 e. The molecule has 3 aromatic rings. The van der Waals surface area contributed by atoms with Gasteiger partial charge in [0.25, 0.3) is 0 Å². The highest BCUT2D eigenvalue weighted by atomic mass is 35.5. The number of hydrogen-bond donors (Lipinski definition) is 3. The van der Waals surface area contributed by atoms with E-state index in [-0.39, 0.29) is 28.6 Å². The van der Waals surface area contributed by atoms with Crippen molar-refractivity contribution >= 4 is 34.9 Å². The molecule has 1 aliphatic carbocycles. The van der Waals surface area contributed by atoms with Gasteiger partial charge < -0.3 is 15.7 Å². The molecule has 1 spiro atoms. The molecule has 6 nitrogen and oxygen atoms in total. The molecule has 9 heteroatoms. The van der Waals surface area contributed by atoms with Gasteiger partial charge >= 0.3 is 5.97 Å². The number of carbonyl (C=O) groups is 1. The Labute approximate surface area is 249 Å². The summed E-state index contributed by atoms with van der Waals surface area (Å²) in [6, 6.07) is 18.5. The molecule has 2 heterocycles. The van der Waals surface area contributed by atoms with Gasteiger partial charge in [0.2, 0.25) is 0 Å². The molecule has 6 rings (SSSR count). The van der Waals surface area contributed by atoms with Gasteiger partial charge in [-0.15, -0.1) is 0 Å². The first-order valence-corrected chi connectivity index (χ1v) is 14.7. The molecule has 3 fully saturated rings. The minimum absolute atomic E-state index is 0.0331. The van der Waals surface area contributed by atoms with Crippen molar-refractivity contribution in [3.63, 3.8) is 0 Å². The molecule has 0 amide bonds. The van der Waals surface area contributed by atoms with E-state index in [2.05, 4.69) is 24.2 Å². The maximum atomic E-state index is 16.1. The number of halogens is 3. The summed E-state index contributed by atoms with van der Waals surface area (Å²) in [7, 11) is 0. The summed E-state index contributed by atoms with van der Waals surface area (Å²) >= 11 is 12.7. The Hall–Kier alpha value is -2.68. The quantitative estimate of drug-likeness (QED) is 0.170. The number of hydroxylamine groups is 1. The lowest BCUT2D eigenvalue weighted by Crippen LogP contribution is -2.66. The van der Waals surface area contributed by atoms with Crippen LogP contribution in [0.4, 0.5) is 10.1 Å². The zero-order chi connectivity index (χ0) is 29.2. The number of anilines is 1. The number of rotatable bonds is 4. The summed E-state index contributed by atoms with van der Waals surface area (Å²) in [6.07, 6.45) is 2.85. The Bertz CT molecular complexity index is 1480. The normalized spacial score (nSPS) is 28.8. The van der Waals surface area contributed by atoms with Crippen LogP contribution in [0.3, 0.4) is 0 Å². The third kappa shape index (κ3) is 4.20. The van der Waals surface area contributed by atoms with Gasteiger partial charge in [-0.2, -0.15) is 5.48 Å². The predicted molar refractivity (Wildman–Crippen MR) is 157 cm³/mol. The number of cyclic esters (lactones) is 1. The van der Waals surface area contributed by atoms with E-state index >= 15 is 4.39 Å². The second-order valence-corrected chi connectivity index (χ2v) is 13.2. The molecule has 0 radical (unpaired) electrons. The fraction of sp³-hybridized carbons (Fsp3) is 0.406. The number of esters is 1. The van der Waals surface area contributed by atoms with E-state index < -0.39 is 34.8 Å². The largest absolute Gasteiger partial charge is 0.462 e. The molecular weight excluding hydrogens is 564 g/mol. The van der Waals surface area contributed by atoms with Crippen molar-refractivity contribution < 1.29 is 19.1 Å². The van der Waals surface area contributed by atoms with E-state index in [1.165, 1.54) is 6.07 Å². The summed E-state index contributed by atoms with van der Waals surface area (Å²) in [4.78, 5) is 16.2. The number of nitrogens with one attached hydrogen (secondary N) is 1. The molecule has 1 saturated carbocycles. The van der Waals surface area contributed by atoms with Crippen LogP contribution in [-0.2, 0) is 15.1 Å². The molecule has 4 atom stereocenters. The molecular formula is C32H34Cl2FN3O3. The van der Waals surface area contributed by atoms with Crippen molar-refractivity contribution in [2.45, 2.75) is 68.6 Å². The van der Waals surface area contributed by atoms with E-state index in [4.69, 9.17) is 33.7 Å². The second-order valence-electron chi connectivity index (χ2n) is 12.4. The number of fused-ring (bicyclic) bond motifs is 2. The molecule has 0 unspecified atom stereocenters. The highest BCUT2D eigenvalue weighted by Gasteiger charge is 2.74. The van der Waals surface area contributed by atoms with Gasteiger partial charge in [-0.05, 0) is 66.0 Å². The van der Waals surface area contributed by atoms with Crippen LogP contribution in [0.2, 0.25) is 10.0 Å². The summed E-state index contributed by atoms with van der Waals surface area (Å²) in [5, 5.41) is 11.9. The minimum atomic E-state index is -1.43. The number of nitrogens with zero attached hydrogens (tertiary/aromatic N) is 1. The van der Waals surface area contributed by atoms with Gasteiger partial charge in [0.1, 0.15) is 18.5 Å². The number of benzene rings is 3. The van der Waals surface area contributed by atoms with E-state index in [1.807, 2.05) is 30.3 Å². The number of nitrogens with two attached hydrogens (primary N) is 1. The molecule has 4 N–H and O–H groups in total. The van der Waals surface area contributed by atoms with E-state index in [0.717, 1.165) is 18.4 Å². The second kappa shape index (κ2) is 10.2. The number of morpholine rings is 1. The Morgan fingerprint density at radius 3 is 2.39 bits per heavy atom. The van der Waals surface area contributed by atoms with Gasteiger partial charge in [0.15, 0.2) is 0 Å². The zero-order valence-corrected chi connectivity index (χ0v) is 24.6. The minimum Gasteiger partial charge on any atom is -0.462 e. The lowest BCUT2D eigenvalue weighted by atomic mass is 9.57. The zero-order valence-electron chi connectivity index (χ0n) is 23.0. The first kappa shape index (κ1) is 28.4. The summed E-state index contributed by atoms with van der Waals surface area (Å²) in [5.74, 6) is -2.07. The van der Waals surface area contributed by atoms with Gasteiger partial charge in [-0.25, -0.2) is 4.39 Å². The Balaban J connectivity index is 1.72. The van der Waals surface area contributed by atoms with E-state index in [1.54, 1.807) is 30.3 Å². The molecule has 0 aromatic heterocycles. The van der Waals surface area contributed by atoms with Crippen LogP contribution in [0.25, 0.3) is 0 Å². The van der Waals surface area contributed by atoms with Gasteiger partial charge in [0, 0.05) is 22.2 Å². The standard InChI is InChI=1S/C32H34Cl2FN3O3/c1-30(2)13-15-31(16-14-30)32(37-40,22-12-11-20(33)17-24(22)36)26(21-9-6-10-23(34)27(21)35)28-29(39)41-18-25(38(28)31)19-7-4-3-5-8-19/h3-12,17,25-26,28,37,40H,13-16,18,36H2,1-2H3/t25-,26-,28+,32+/m0/s1. The summed E-state index contributed by atoms with van der Waals surface area (Å²) in [5.41, 5.74) is 9.18. The third-order valence-electron chi connectivity index (χ3n) is 9.82. The molecule has 41 heavy (non-hydrogen) atoms. The number of carbonyl (C=O) groups excluding carboxylic acids is 1. The fourth-order valence-electron chi connectivity index (χ4n) is 7.86. The first-order chi connectivity index (χ1) is 19.6. The molecule has 216 valence electrons. The Morgan fingerprint density at radius 1 is 1.02 bits per heavy atom. The van der Waals surface area contributed by atoms with Crippen molar-refractivity contribution in [1.82, 2.24) is 10.4 Å². The van der Waals surface area contributed by atoms with Crippen LogP contribution in [0.1, 0.15) is 68.2 Å². The molecule has 2 saturated heterocycles. The average molecular weight is 599 g/mol. The SMILES string of the molecule is CC1(C)CCC2(CC1)N1[C@H](c3ccccc3)COC(=O)[C@H]1[C@H](c1cccc(Cl)c1F)[C@]2(NO)c1ccc(Cl)cc1N. The highest BCUT2D eigenvalue weighted by Crippen LogP contribution is 2.66. The fourth-order valence-corrected chi connectivity index (χ4v) is 8.22. The van der Waals surface area contributed by atoms with Gasteiger partial charge in [-0.1, -0.05) is 85.6 Å². The maximum absolute atomic E-state index is 16.1. The molecule has 3 aliphatic rings. The summed E-state index contributed by atoms with van der Waals surface area (Å²) < 4.78 is 22.0. The van der Waals surface area contributed by atoms with Crippen molar-refractivity contribution in [3.05, 3.63) is 99.3 Å². The third-order valence-corrected chi connectivity index (χ3v) is 10.3. The van der Waals surface area contributed by atoms with Crippen molar-refractivity contribution in [2.75, 3.05) is 12.3 Å². The van der Waals surface area contributed by atoms with Crippen LogP contribution in [-0.4, -0.2) is 34.3 Å². The van der Waals surface area contributed by atoms with Crippen molar-refractivity contribution in [3.8, 4) is 0 Å². The summed E-state index contributed by atoms with van der Waals surface area (Å²) in [6.45, 7) is 4.58. The number of hydrogen-bond acceptors (Lipinski definition) is 6. The van der Waals surface area contributed by atoms with Crippen LogP contribution in [0.15, 0.2) is 66.7 Å². The smallest absolute Gasteiger partial charge is 0.324 e. The van der Waals surface area contributed by atoms with Crippen LogP contribution in [0, 0.1) is 11.2 Å². The first-order valence-electron chi connectivity index (χ1n) is 14.0. The van der Waals surface area contributed by atoms with Crippen LogP contribution < -0.4 is 11.2 Å². The molecule has 0 bridgehead atoms. The van der Waals surface area contributed by atoms with Gasteiger partial charge in [0.05, 0.1) is 16.6 Å². The topological polar surface area (TPSA) is 87.8 Å². The highest BCUT2D eigenvalue weighted by molar-refractivity contribution is 6.31. The predicted octanol–water partition coefficient (Wildman–Crippen LogP) is 6.99. The monoisotopic (exact) mass is 597 g/mol. The Kier molecular flexibility index (Phi) is 7.11. The lowest BCUT2D eigenvalue weighted by molar-refractivity contribution is -0.170.